The van der Waals surface area contributed by atoms with E-state index in [4.69, 9.17) is 5.73 Å². The number of nitrogens with one attached hydrogen (secondary N) is 1. The van der Waals surface area contributed by atoms with Gasteiger partial charge < -0.3 is 10.7 Å². The fraction of sp³-hybridized carbons (Fsp3) is 0.167. The van der Waals surface area contributed by atoms with Gasteiger partial charge in [-0.3, -0.25) is 4.79 Å². The van der Waals surface area contributed by atoms with Gasteiger partial charge in [0.2, 0.25) is 15.5 Å². The number of aromatic nitrogens is 1. The van der Waals surface area contributed by atoms with E-state index in [0.717, 1.165) is 0 Å². The standard InChI is InChI=1S/C6H7F2N3O3S/c7-6(8)4-3(9)5(12)2(1-11-4)15(10,13)14/h1,6H,9H2,(H,11,12)(H2,10,13,14). The highest BCUT2D eigenvalue weighted by molar-refractivity contribution is 7.89. The van der Waals surface area contributed by atoms with E-state index in [1.165, 1.54) is 0 Å². The van der Waals surface area contributed by atoms with Crippen molar-refractivity contribution in [3.63, 3.8) is 0 Å². The average molecular weight is 239 g/mol. The zero-order chi connectivity index (χ0) is 11.8. The first-order valence-electron chi connectivity index (χ1n) is 3.57. The van der Waals surface area contributed by atoms with Crippen molar-refractivity contribution in [1.82, 2.24) is 4.98 Å². The predicted octanol–water partition coefficient (Wildman–Crippen LogP) is -0.458. The second kappa shape index (κ2) is 3.59. The Balaban J connectivity index is 3.56. The molecule has 5 N–H and O–H groups in total. The van der Waals surface area contributed by atoms with Crippen LogP contribution in [-0.4, -0.2) is 13.4 Å². The molecule has 0 saturated carbocycles. The fourth-order valence-electron chi connectivity index (χ4n) is 0.934. The normalized spacial score (nSPS) is 12.0. The lowest BCUT2D eigenvalue weighted by molar-refractivity contribution is 0.147. The van der Waals surface area contributed by atoms with Crippen LogP contribution in [0.3, 0.4) is 0 Å². The van der Waals surface area contributed by atoms with Gasteiger partial charge in [-0.2, -0.15) is 0 Å². The van der Waals surface area contributed by atoms with E-state index in [1.807, 2.05) is 4.98 Å². The van der Waals surface area contributed by atoms with Crippen LogP contribution < -0.4 is 16.3 Å². The molecule has 0 amide bonds. The molecule has 0 radical (unpaired) electrons. The van der Waals surface area contributed by atoms with Crippen LogP contribution in [0, 0.1) is 0 Å². The fourth-order valence-corrected chi connectivity index (χ4v) is 1.53. The lowest BCUT2D eigenvalue weighted by Crippen LogP contribution is -2.25. The summed E-state index contributed by atoms with van der Waals surface area (Å²) in [5.41, 5.74) is 2.13. The summed E-state index contributed by atoms with van der Waals surface area (Å²) in [6.45, 7) is 0. The van der Waals surface area contributed by atoms with Crippen LogP contribution in [-0.2, 0) is 10.0 Å². The second-order valence-electron chi connectivity index (χ2n) is 2.66. The van der Waals surface area contributed by atoms with Crippen LogP contribution in [0.1, 0.15) is 12.1 Å². The minimum Gasteiger partial charge on any atom is -0.394 e. The largest absolute Gasteiger partial charge is 0.394 e. The van der Waals surface area contributed by atoms with Gasteiger partial charge in [0.1, 0.15) is 16.3 Å². The van der Waals surface area contributed by atoms with E-state index in [-0.39, 0.29) is 0 Å². The van der Waals surface area contributed by atoms with Crippen LogP contribution in [0.5, 0.6) is 0 Å². The van der Waals surface area contributed by atoms with Crippen molar-refractivity contribution in [3.8, 4) is 0 Å². The molecule has 0 bridgehead atoms. The van der Waals surface area contributed by atoms with E-state index in [9.17, 15) is 22.0 Å². The highest BCUT2D eigenvalue weighted by Gasteiger charge is 2.20. The maximum absolute atomic E-state index is 12.2. The number of rotatable bonds is 2. The zero-order valence-electron chi connectivity index (χ0n) is 7.20. The van der Waals surface area contributed by atoms with Crippen molar-refractivity contribution in [1.29, 1.82) is 0 Å². The SMILES string of the molecule is Nc1c(C(F)F)[nH]cc(S(N)(=O)=O)c1=O. The Labute approximate surface area is 82.9 Å². The molecule has 9 heteroatoms. The van der Waals surface area contributed by atoms with Gasteiger partial charge in [0, 0.05) is 6.20 Å². The summed E-state index contributed by atoms with van der Waals surface area (Å²) < 4.78 is 46.0. The van der Waals surface area contributed by atoms with Crippen molar-refractivity contribution >= 4 is 15.7 Å². The number of hydrogen-bond acceptors (Lipinski definition) is 4. The third-order valence-electron chi connectivity index (χ3n) is 1.64. The Morgan fingerprint density at radius 1 is 1.40 bits per heavy atom. The number of hydrogen-bond donors (Lipinski definition) is 3. The Hall–Kier alpha value is -1.48. The van der Waals surface area contributed by atoms with Gasteiger partial charge in [-0.15, -0.1) is 0 Å². The van der Waals surface area contributed by atoms with E-state index in [2.05, 4.69) is 5.14 Å². The first-order chi connectivity index (χ1) is 6.75. The molecule has 84 valence electrons. The van der Waals surface area contributed by atoms with E-state index in [1.54, 1.807) is 0 Å². The third kappa shape index (κ3) is 2.13. The summed E-state index contributed by atoms with van der Waals surface area (Å²) in [7, 11) is -4.27. The number of primary sulfonamides is 1. The molecule has 1 aromatic rings. The van der Waals surface area contributed by atoms with Gasteiger partial charge in [0.25, 0.3) is 6.43 Å². The van der Waals surface area contributed by atoms with Crippen LogP contribution in [0.25, 0.3) is 0 Å². The molecule has 0 spiro atoms. The molecule has 1 rings (SSSR count). The highest BCUT2D eigenvalue weighted by Crippen LogP contribution is 2.20. The number of alkyl halides is 2. The molecule has 0 unspecified atom stereocenters. The molecule has 0 fully saturated rings. The zero-order valence-corrected chi connectivity index (χ0v) is 8.01. The predicted molar refractivity (Wildman–Crippen MR) is 47.8 cm³/mol. The lowest BCUT2D eigenvalue weighted by atomic mass is 10.3. The summed E-state index contributed by atoms with van der Waals surface area (Å²) in [6, 6.07) is 0. The summed E-state index contributed by atoms with van der Waals surface area (Å²) in [5, 5.41) is 4.66. The van der Waals surface area contributed by atoms with Crippen LogP contribution in [0.4, 0.5) is 14.5 Å². The summed E-state index contributed by atoms with van der Waals surface area (Å²) in [4.78, 5) is 12.3. The first-order valence-corrected chi connectivity index (χ1v) is 5.11. The summed E-state index contributed by atoms with van der Waals surface area (Å²) in [5.74, 6) is 0. The van der Waals surface area contributed by atoms with Crippen LogP contribution in [0.2, 0.25) is 0 Å². The van der Waals surface area contributed by atoms with E-state index >= 15 is 0 Å². The number of sulfonamides is 1. The molecule has 1 aromatic heterocycles. The smallest absolute Gasteiger partial charge is 0.280 e. The second-order valence-corrected chi connectivity index (χ2v) is 4.18. The van der Waals surface area contributed by atoms with Crippen LogP contribution in [0.15, 0.2) is 15.9 Å². The molecule has 15 heavy (non-hydrogen) atoms. The molecule has 0 aromatic carbocycles. The van der Waals surface area contributed by atoms with Gasteiger partial charge >= 0.3 is 0 Å². The minimum atomic E-state index is -4.27. The van der Waals surface area contributed by atoms with Gasteiger partial charge in [0.15, 0.2) is 0 Å². The van der Waals surface area contributed by atoms with Gasteiger partial charge in [-0.25, -0.2) is 22.3 Å². The van der Waals surface area contributed by atoms with Gasteiger partial charge in [-0.05, 0) is 0 Å². The van der Waals surface area contributed by atoms with Crippen molar-refractivity contribution in [2.45, 2.75) is 11.3 Å². The summed E-state index contributed by atoms with van der Waals surface area (Å²) >= 11 is 0. The maximum atomic E-state index is 12.2. The Morgan fingerprint density at radius 3 is 2.33 bits per heavy atom. The van der Waals surface area contributed by atoms with Gasteiger partial charge in [0.05, 0.1) is 0 Å². The number of halogens is 2. The summed E-state index contributed by atoms with van der Waals surface area (Å²) in [6.07, 6.45) is -2.40. The molecule has 0 saturated heterocycles. The molecule has 1 heterocycles. The Morgan fingerprint density at radius 2 is 1.93 bits per heavy atom. The van der Waals surface area contributed by atoms with Crippen molar-refractivity contribution in [2.75, 3.05) is 5.73 Å². The Bertz CT molecular complexity index is 537. The first kappa shape index (κ1) is 11.6. The molecular formula is C6H7F2N3O3S. The molecule has 0 atom stereocenters. The van der Waals surface area contributed by atoms with Crippen molar-refractivity contribution in [3.05, 3.63) is 22.1 Å². The van der Waals surface area contributed by atoms with Crippen molar-refractivity contribution in [2.24, 2.45) is 5.14 Å². The quantitative estimate of drug-likeness (QED) is 0.647. The Kier molecular flexibility index (Phi) is 2.77. The number of nitrogen functional groups attached to an aromatic ring is 1. The van der Waals surface area contributed by atoms with Crippen molar-refractivity contribution < 1.29 is 17.2 Å². The number of anilines is 1. The number of nitrogens with two attached hydrogens (primary N) is 2. The van der Waals surface area contributed by atoms with Gasteiger partial charge in [-0.1, -0.05) is 0 Å². The van der Waals surface area contributed by atoms with E-state index in [0.29, 0.717) is 6.20 Å². The molecule has 0 aliphatic heterocycles. The molecule has 0 aliphatic rings. The van der Waals surface area contributed by atoms with Crippen LogP contribution >= 0.6 is 0 Å². The number of pyridine rings is 1. The number of H-pyrrole nitrogens is 1. The average Bonchev–Trinajstić information content (AvgIpc) is 2.06. The molecular weight excluding hydrogens is 232 g/mol. The topological polar surface area (TPSA) is 119 Å². The minimum absolute atomic E-state index is 0.593. The highest BCUT2D eigenvalue weighted by atomic mass is 32.2. The number of aromatic amines is 1. The third-order valence-corrected chi connectivity index (χ3v) is 2.56. The molecule has 6 nitrogen and oxygen atoms in total. The maximum Gasteiger partial charge on any atom is 0.280 e. The lowest BCUT2D eigenvalue weighted by Gasteiger charge is -2.05. The monoisotopic (exact) mass is 239 g/mol. The molecule has 0 aliphatic carbocycles. The van der Waals surface area contributed by atoms with E-state index < -0.39 is 38.2 Å².